The molecule has 104 valence electrons. The van der Waals surface area contributed by atoms with Crippen LogP contribution in [-0.2, 0) is 9.53 Å². The predicted octanol–water partition coefficient (Wildman–Crippen LogP) is 0.555. The van der Waals surface area contributed by atoms with E-state index in [1.54, 1.807) is 20.8 Å². The van der Waals surface area contributed by atoms with E-state index in [0.717, 1.165) is 0 Å². The first kappa shape index (κ1) is 14.9. The van der Waals surface area contributed by atoms with Gasteiger partial charge in [0.15, 0.2) is 6.23 Å². The van der Waals surface area contributed by atoms with E-state index in [0.29, 0.717) is 6.42 Å². The van der Waals surface area contributed by atoms with Crippen LogP contribution in [0.3, 0.4) is 0 Å². The molecule has 6 heteroatoms. The molecule has 6 nitrogen and oxygen atoms in total. The molecule has 0 aromatic heterocycles. The Morgan fingerprint density at radius 3 is 2.22 bits per heavy atom. The van der Waals surface area contributed by atoms with Crippen molar-refractivity contribution in [3.8, 4) is 0 Å². The first-order valence-electron chi connectivity index (χ1n) is 5.92. The lowest BCUT2D eigenvalue weighted by molar-refractivity contribution is -0.980. The lowest BCUT2D eigenvalue weighted by Crippen LogP contribution is -2.79. The van der Waals surface area contributed by atoms with E-state index in [2.05, 4.69) is 0 Å². The second kappa shape index (κ2) is 4.20. The lowest BCUT2D eigenvalue weighted by atomic mass is 9.90. The van der Waals surface area contributed by atoms with Crippen LogP contribution in [0.5, 0.6) is 0 Å². The first-order chi connectivity index (χ1) is 8.05. The number of ether oxygens (including phenoxy) is 1. The van der Waals surface area contributed by atoms with Gasteiger partial charge in [-0.25, -0.2) is 9.28 Å². The Morgan fingerprint density at radius 2 is 1.94 bits per heavy atom. The summed E-state index contributed by atoms with van der Waals surface area (Å²) in [5.74, 6) is -1.14. The molecule has 0 saturated carbocycles. The normalized spacial score (nSPS) is 36.6. The fraction of sp³-hybridized carbons (Fsp3) is 0.833. The number of carboxylic acid groups (broad SMARTS) is 2. The Kier molecular flexibility index (Phi) is 3.49. The number of aliphatic carboxylic acids is 1. The molecular formula is C12H21NO5. The van der Waals surface area contributed by atoms with E-state index < -0.39 is 33.9 Å². The number of carbonyl (C=O) groups is 2. The molecular weight excluding hydrogens is 238 g/mol. The molecule has 1 N–H and O–H groups in total. The minimum Gasteiger partial charge on any atom is -0.498 e. The van der Waals surface area contributed by atoms with E-state index in [1.807, 2.05) is 0 Å². The highest BCUT2D eigenvalue weighted by Crippen LogP contribution is 2.48. The van der Waals surface area contributed by atoms with Gasteiger partial charge in [0.1, 0.15) is 0 Å². The molecule has 0 aliphatic carbocycles. The van der Waals surface area contributed by atoms with Gasteiger partial charge in [-0.15, -0.1) is 0 Å². The monoisotopic (exact) mass is 259 g/mol. The van der Waals surface area contributed by atoms with Crippen LogP contribution in [0.25, 0.3) is 0 Å². The summed E-state index contributed by atoms with van der Waals surface area (Å²) in [6.45, 7) is 6.54. The molecule has 18 heavy (non-hydrogen) atoms. The van der Waals surface area contributed by atoms with Crippen molar-refractivity contribution in [2.75, 3.05) is 7.11 Å². The van der Waals surface area contributed by atoms with Gasteiger partial charge in [-0.1, -0.05) is 0 Å². The Bertz CT molecular complexity index is 375. The van der Waals surface area contributed by atoms with Crippen LogP contribution in [0.1, 0.15) is 40.5 Å². The lowest BCUT2D eigenvalue weighted by Gasteiger charge is -2.54. The summed E-state index contributed by atoms with van der Waals surface area (Å²) in [7, 11) is 1.40. The second-order valence-electron chi connectivity index (χ2n) is 5.97. The van der Waals surface area contributed by atoms with Crippen molar-refractivity contribution in [2.45, 2.75) is 57.8 Å². The maximum atomic E-state index is 11.8. The van der Waals surface area contributed by atoms with Crippen molar-refractivity contribution in [3.63, 3.8) is 0 Å². The number of nitrogens with zero attached hydrogens (tertiary/aromatic N) is 1. The molecule has 1 aliphatic heterocycles. The number of hydrogen-bond donors (Lipinski definition) is 1. The summed E-state index contributed by atoms with van der Waals surface area (Å²) in [4.78, 5) is 23.4. The highest BCUT2D eigenvalue weighted by Gasteiger charge is 2.69. The van der Waals surface area contributed by atoms with Crippen molar-refractivity contribution in [3.05, 3.63) is 0 Å². The second-order valence-corrected chi connectivity index (χ2v) is 5.97. The van der Waals surface area contributed by atoms with Crippen molar-refractivity contribution in [1.82, 2.24) is 0 Å². The number of carbonyl (C=O) groups excluding carboxylic acids is 1. The van der Waals surface area contributed by atoms with Gasteiger partial charge in [-0.2, -0.15) is 0 Å². The quantitative estimate of drug-likeness (QED) is 0.732. The minimum absolute atomic E-state index is 0.242. The number of quaternary nitrogens is 1. The Balaban J connectivity index is 3.58. The van der Waals surface area contributed by atoms with Crippen molar-refractivity contribution in [2.24, 2.45) is 0 Å². The highest BCUT2D eigenvalue weighted by molar-refractivity contribution is 5.79. The van der Waals surface area contributed by atoms with E-state index in [-0.39, 0.29) is 6.42 Å². The van der Waals surface area contributed by atoms with Crippen LogP contribution in [0, 0.1) is 0 Å². The molecule has 1 aliphatic rings. The Morgan fingerprint density at radius 1 is 1.44 bits per heavy atom. The predicted molar refractivity (Wildman–Crippen MR) is 61.5 cm³/mol. The zero-order valence-corrected chi connectivity index (χ0v) is 11.5. The Labute approximate surface area is 107 Å². The summed E-state index contributed by atoms with van der Waals surface area (Å²) in [5, 5.41) is 21.2. The van der Waals surface area contributed by atoms with Gasteiger partial charge < -0.3 is 19.7 Å². The third kappa shape index (κ3) is 1.55. The van der Waals surface area contributed by atoms with Crippen molar-refractivity contribution < 1.29 is 29.0 Å². The van der Waals surface area contributed by atoms with Crippen LogP contribution in [0.2, 0.25) is 0 Å². The third-order valence-electron chi connectivity index (χ3n) is 4.17. The molecule has 1 fully saturated rings. The number of likely N-dealkylation sites (tertiary alicyclic amines) is 1. The van der Waals surface area contributed by atoms with Crippen LogP contribution in [0.4, 0.5) is 4.79 Å². The summed E-state index contributed by atoms with van der Waals surface area (Å²) < 4.78 is 4.53. The fourth-order valence-corrected chi connectivity index (χ4v) is 3.39. The van der Waals surface area contributed by atoms with Crippen molar-refractivity contribution in [1.29, 1.82) is 0 Å². The molecule has 0 spiro atoms. The summed E-state index contributed by atoms with van der Waals surface area (Å²) >= 11 is 0. The molecule has 0 radical (unpaired) electrons. The largest absolute Gasteiger partial charge is 0.498 e. The molecule has 0 aromatic carbocycles. The van der Waals surface area contributed by atoms with Gasteiger partial charge in [-0.3, -0.25) is 0 Å². The average Bonchev–Trinajstić information content (AvgIpc) is 2.52. The highest BCUT2D eigenvalue weighted by atomic mass is 16.5. The van der Waals surface area contributed by atoms with Crippen LogP contribution >= 0.6 is 0 Å². The van der Waals surface area contributed by atoms with Gasteiger partial charge in [0.2, 0.25) is 5.54 Å². The van der Waals surface area contributed by atoms with Gasteiger partial charge >= 0.3 is 5.97 Å². The van der Waals surface area contributed by atoms with Gasteiger partial charge in [0.25, 0.3) is 6.09 Å². The van der Waals surface area contributed by atoms with Gasteiger partial charge in [-0.05, 0) is 20.8 Å². The molecule has 0 aromatic rings. The zero-order valence-electron chi connectivity index (χ0n) is 11.5. The van der Waals surface area contributed by atoms with Crippen LogP contribution in [-0.4, -0.2) is 46.1 Å². The molecule has 2 unspecified atom stereocenters. The van der Waals surface area contributed by atoms with Crippen LogP contribution < -0.4 is 5.11 Å². The smallest absolute Gasteiger partial charge is 0.366 e. The molecule has 0 bridgehead atoms. The first-order valence-corrected chi connectivity index (χ1v) is 5.92. The van der Waals surface area contributed by atoms with E-state index >= 15 is 0 Å². The van der Waals surface area contributed by atoms with Crippen molar-refractivity contribution >= 4 is 12.1 Å². The summed E-state index contributed by atoms with van der Waals surface area (Å²) in [6, 6.07) is 0. The van der Waals surface area contributed by atoms with E-state index in [4.69, 9.17) is 4.74 Å². The molecule has 1 amide bonds. The third-order valence-corrected chi connectivity index (χ3v) is 4.17. The summed E-state index contributed by atoms with van der Waals surface area (Å²) in [6.07, 6.45) is -1.50. The van der Waals surface area contributed by atoms with Gasteiger partial charge in [0.05, 0.1) is 5.54 Å². The maximum absolute atomic E-state index is 11.8. The molecule has 3 atom stereocenters. The minimum atomic E-state index is -1.45. The molecule has 1 saturated heterocycles. The molecule has 1 heterocycles. The number of rotatable bonds is 2. The number of methoxy groups -OCH3 is 1. The number of carboxylic acids is 1. The topological polar surface area (TPSA) is 86.7 Å². The van der Waals surface area contributed by atoms with E-state index in [1.165, 1.54) is 14.0 Å². The number of amides is 1. The van der Waals surface area contributed by atoms with E-state index in [9.17, 15) is 19.8 Å². The Hall–Kier alpha value is -1.14. The fourth-order valence-electron chi connectivity index (χ4n) is 3.39. The summed E-state index contributed by atoms with van der Waals surface area (Å²) in [5.41, 5.74) is -2.29. The SMILES string of the molecule is COC1CC[C@](C)(C(=O)O)[N+]1(C(=O)[O-])C(C)(C)C. The molecule has 1 rings (SSSR count). The van der Waals surface area contributed by atoms with Crippen LogP contribution in [0.15, 0.2) is 0 Å². The number of hydrogen-bond acceptors (Lipinski definition) is 4. The van der Waals surface area contributed by atoms with Gasteiger partial charge in [0, 0.05) is 26.9 Å². The standard InChI is InChI=1S/C12H21NO5/c1-11(2,3)13(10(16)17)8(18-5)6-7-12(13,4)9(14)15/h8H,6-7H2,1-5H3,(H-,14,15,16,17)/t8?,12-,13?/m1/s1. The average molecular weight is 259 g/mol. The zero-order chi connectivity index (χ0) is 14.4. The maximum Gasteiger partial charge on any atom is 0.366 e.